The van der Waals surface area contributed by atoms with Crippen molar-refractivity contribution in [3.63, 3.8) is 0 Å². The summed E-state index contributed by atoms with van der Waals surface area (Å²) in [5.74, 6) is 0. The van der Waals surface area contributed by atoms with Crippen molar-refractivity contribution in [3.8, 4) is 0 Å². The number of halogens is 1. The third-order valence-corrected chi connectivity index (χ3v) is 4.65. The maximum absolute atomic E-state index is 6.46. The van der Waals surface area contributed by atoms with E-state index in [9.17, 15) is 0 Å². The lowest BCUT2D eigenvalue weighted by atomic mass is 9.75. The molecule has 0 bridgehead atoms. The summed E-state index contributed by atoms with van der Waals surface area (Å²) >= 11 is 3.44. The van der Waals surface area contributed by atoms with E-state index >= 15 is 0 Å². The first-order chi connectivity index (χ1) is 7.60. The van der Waals surface area contributed by atoms with Crippen LogP contribution in [0.1, 0.15) is 50.8 Å². The highest BCUT2D eigenvalue weighted by Crippen LogP contribution is 2.49. The van der Waals surface area contributed by atoms with Gasteiger partial charge in [0, 0.05) is 7.05 Å². The van der Waals surface area contributed by atoms with Crippen LogP contribution in [-0.2, 0) is 7.05 Å². The Kier molecular flexibility index (Phi) is 3.35. The summed E-state index contributed by atoms with van der Waals surface area (Å²) in [6.45, 7) is 2.24. The lowest BCUT2D eigenvalue weighted by molar-refractivity contribution is 0.214. The highest BCUT2D eigenvalue weighted by atomic mass is 79.9. The van der Waals surface area contributed by atoms with Gasteiger partial charge in [0.1, 0.15) is 0 Å². The molecular formula is C11H19BrN4. The number of hydrogen-bond donors (Lipinski definition) is 1. The van der Waals surface area contributed by atoms with Crippen LogP contribution in [-0.4, -0.2) is 15.0 Å². The van der Waals surface area contributed by atoms with Gasteiger partial charge in [0.05, 0.1) is 11.7 Å². The molecule has 2 N–H and O–H groups in total. The molecule has 0 aromatic carbocycles. The van der Waals surface area contributed by atoms with E-state index in [0.29, 0.717) is 0 Å². The van der Waals surface area contributed by atoms with Crippen molar-refractivity contribution in [2.45, 2.75) is 45.1 Å². The van der Waals surface area contributed by atoms with Crippen LogP contribution < -0.4 is 5.73 Å². The van der Waals surface area contributed by atoms with Crippen LogP contribution in [0.3, 0.4) is 0 Å². The Hall–Kier alpha value is -0.420. The number of rotatable bonds is 3. The Balaban J connectivity index is 2.33. The Morgan fingerprint density at radius 2 is 2.12 bits per heavy atom. The SMILES string of the molecule is CCC1(C(N)c2c(Br)nnn2C)CCCC1. The summed E-state index contributed by atoms with van der Waals surface area (Å²) in [5, 5.41) is 8.04. The topological polar surface area (TPSA) is 56.7 Å². The second kappa shape index (κ2) is 4.45. The molecule has 2 rings (SSSR count). The minimum Gasteiger partial charge on any atom is -0.322 e. The Bertz CT molecular complexity index is 349. The first-order valence-electron chi connectivity index (χ1n) is 5.91. The smallest absolute Gasteiger partial charge is 0.153 e. The molecule has 1 unspecified atom stereocenters. The Morgan fingerprint density at radius 1 is 1.50 bits per heavy atom. The number of aryl methyl sites for hydroxylation is 1. The lowest BCUT2D eigenvalue weighted by Crippen LogP contribution is -2.33. The predicted octanol–water partition coefficient (Wildman–Crippen LogP) is 2.55. The summed E-state index contributed by atoms with van der Waals surface area (Å²) in [7, 11) is 1.91. The molecule has 1 aliphatic rings. The van der Waals surface area contributed by atoms with E-state index in [1.807, 2.05) is 7.05 Å². The zero-order valence-electron chi connectivity index (χ0n) is 9.91. The normalized spacial score (nSPS) is 21.2. The van der Waals surface area contributed by atoms with Crippen LogP contribution in [0.5, 0.6) is 0 Å². The molecule has 1 fully saturated rings. The van der Waals surface area contributed by atoms with Gasteiger partial charge in [0.25, 0.3) is 0 Å². The monoisotopic (exact) mass is 286 g/mol. The van der Waals surface area contributed by atoms with E-state index in [0.717, 1.165) is 16.7 Å². The summed E-state index contributed by atoms with van der Waals surface area (Å²) in [6.07, 6.45) is 6.17. The molecule has 1 aromatic heterocycles. The van der Waals surface area contributed by atoms with E-state index in [-0.39, 0.29) is 11.5 Å². The van der Waals surface area contributed by atoms with E-state index in [1.54, 1.807) is 4.68 Å². The van der Waals surface area contributed by atoms with Crippen molar-refractivity contribution in [1.29, 1.82) is 0 Å². The van der Waals surface area contributed by atoms with Gasteiger partial charge in [-0.1, -0.05) is 25.0 Å². The second-order valence-corrected chi connectivity index (χ2v) is 5.54. The van der Waals surface area contributed by atoms with Gasteiger partial charge < -0.3 is 5.73 Å². The van der Waals surface area contributed by atoms with Crippen molar-refractivity contribution in [3.05, 3.63) is 10.3 Å². The molecule has 0 spiro atoms. The van der Waals surface area contributed by atoms with Crippen molar-refractivity contribution in [2.75, 3.05) is 0 Å². The predicted molar refractivity (Wildman–Crippen MR) is 66.8 cm³/mol. The number of nitrogens with two attached hydrogens (primary N) is 1. The average molecular weight is 287 g/mol. The fourth-order valence-corrected chi connectivity index (χ4v) is 3.50. The molecule has 1 aromatic rings. The van der Waals surface area contributed by atoms with Gasteiger partial charge >= 0.3 is 0 Å². The van der Waals surface area contributed by atoms with E-state index in [4.69, 9.17) is 5.73 Å². The summed E-state index contributed by atoms with van der Waals surface area (Å²) in [6, 6.07) is 0.0365. The summed E-state index contributed by atoms with van der Waals surface area (Å²) in [5.41, 5.74) is 7.74. The molecule has 1 aliphatic carbocycles. The van der Waals surface area contributed by atoms with E-state index < -0.39 is 0 Å². The third kappa shape index (κ3) is 1.80. The fourth-order valence-electron chi connectivity index (χ4n) is 2.92. The van der Waals surface area contributed by atoms with Crippen molar-refractivity contribution in [1.82, 2.24) is 15.0 Å². The largest absolute Gasteiger partial charge is 0.322 e. The van der Waals surface area contributed by atoms with Crippen LogP contribution in [0.15, 0.2) is 4.60 Å². The molecule has 1 atom stereocenters. The van der Waals surface area contributed by atoms with Gasteiger partial charge in [-0.2, -0.15) is 0 Å². The van der Waals surface area contributed by atoms with Crippen molar-refractivity contribution in [2.24, 2.45) is 18.2 Å². The highest BCUT2D eigenvalue weighted by molar-refractivity contribution is 9.10. The number of nitrogens with zero attached hydrogens (tertiary/aromatic N) is 3. The van der Waals surface area contributed by atoms with Crippen molar-refractivity contribution < 1.29 is 0 Å². The molecule has 5 heteroatoms. The molecule has 0 amide bonds. The van der Waals surface area contributed by atoms with Gasteiger partial charge in [-0.15, -0.1) is 5.10 Å². The molecule has 0 radical (unpaired) electrons. The van der Waals surface area contributed by atoms with Crippen LogP contribution >= 0.6 is 15.9 Å². The number of hydrogen-bond acceptors (Lipinski definition) is 3. The highest BCUT2D eigenvalue weighted by Gasteiger charge is 2.40. The maximum atomic E-state index is 6.46. The molecular weight excluding hydrogens is 268 g/mol. The summed E-state index contributed by atoms with van der Waals surface area (Å²) < 4.78 is 2.59. The molecule has 1 saturated carbocycles. The van der Waals surface area contributed by atoms with E-state index in [1.165, 1.54) is 25.7 Å². The Labute approximate surface area is 105 Å². The molecule has 1 heterocycles. The first-order valence-corrected chi connectivity index (χ1v) is 6.70. The van der Waals surface area contributed by atoms with Gasteiger partial charge in [0.15, 0.2) is 4.60 Å². The molecule has 90 valence electrons. The fraction of sp³-hybridized carbons (Fsp3) is 0.818. The van der Waals surface area contributed by atoms with Crippen LogP contribution in [0.4, 0.5) is 0 Å². The Morgan fingerprint density at radius 3 is 2.56 bits per heavy atom. The molecule has 0 aliphatic heterocycles. The molecule has 4 nitrogen and oxygen atoms in total. The maximum Gasteiger partial charge on any atom is 0.153 e. The van der Waals surface area contributed by atoms with Gasteiger partial charge in [-0.25, -0.2) is 4.68 Å². The van der Waals surface area contributed by atoms with Gasteiger partial charge in [-0.3, -0.25) is 0 Å². The number of aromatic nitrogens is 3. The zero-order chi connectivity index (χ0) is 11.8. The van der Waals surface area contributed by atoms with Crippen LogP contribution in [0.2, 0.25) is 0 Å². The standard InChI is InChI=1S/C11H19BrN4/c1-3-11(6-4-5-7-11)9(13)8-10(12)14-15-16(8)2/h9H,3-7,13H2,1-2H3. The lowest BCUT2D eigenvalue weighted by Gasteiger charge is -2.34. The van der Waals surface area contributed by atoms with E-state index in [2.05, 4.69) is 33.2 Å². The van der Waals surface area contributed by atoms with Crippen LogP contribution in [0, 0.1) is 5.41 Å². The third-order valence-electron chi connectivity index (χ3n) is 4.08. The summed E-state index contributed by atoms with van der Waals surface area (Å²) in [4.78, 5) is 0. The van der Waals surface area contributed by atoms with Crippen molar-refractivity contribution >= 4 is 15.9 Å². The molecule has 0 saturated heterocycles. The average Bonchev–Trinajstić information content (AvgIpc) is 2.86. The van der Waals surface area contributed by atoms with Gasteiger partial charge in [0.2, 0.25) is 0 Å². The zero-order valence-corrected chi connectivity index (χ0v) is 11.5. The van der Waals surface area contributed by atoms with Gasteiger partial charge in [-0.05, 0) is 40.6 Å². The van der Waals surface area contributed by atoms with Crippen LogP contribution in [0.25, 0.3) is 0 Å². The quantitative estimate of drug-likeness (QED) is 0.929. The minimum absolute atomic E-state index is 0.0365. The minimum atomic E-state index is 0.0365. The first kappa shape index (κ1) is 12.0. The molecule has 16 heavy (non-hydrogen) atoms. The second-order valence-electron chi connectivity index (χ2n) is 4.79.